The Balaban J connectivity index is 3.49. The smallest absolute Gasteiger partial charge is 0.341 e. The van der Waals surface area contributed by atoms with E-state index < -0.39 is 28.9 Å². The van der Waals surface area contributed by atoms with Crippen LogP contribution in [0.25, 0.3) is 0 Å². The summed E-state index contributed by atoms with van der Waals surface area (Å²) in [6.07, 6.45) is 0. The first-order valence-electron chi connectivity index (χ1n) is 3.53. The van der Waals surface area contributed by atoms with Crippen molar-refractivity contribution >= 4 is 11.7 Å². The van der Waals surface area contributed by atoms with Gasteiger partial charge in [0.15, 0.2) is 5.82 Å². The minimum atomic E-state index is -1.71. The van der Waals surface area contributed by atoms with Crippen LogP contribution < -0.4 is 10.5 Å². The molecule has 0 aliphatic carbocycles. The van der Waals surface area contributed by atoms with Crippen molar-refractivity contribution in [3.05, 3.63) is 23.3 Å². The Morgan fingerprint density at radius 1 is 1.57 bits per heavy atom. The fraction of sp³-hybridized carbons (Fsp3) is 0.125. The molecular formula is C8H7F2NO3. The van der Waals surface area contributed by atoms with Crippen LogP contribution in [0.5, 0.6) is 5.75 Å². The topological polar surface area (TPSA) is 72.5 Å². The second-order valence-corrected chi connectivity index (χ2v) is 2.47. The predicted molar refractivity (Wildman–Crippen MR) is 44.3 cm³/mol. The minimum Gasteiger partial charge on any atom is -0.494 e. The Morgan fingerprint density at radius 2 is 2.14 bits per heavy atom. The van der Waals surface area contributed by atoms with E-state index >= 15 is 0 Å². The van der Waals surface area contributed by atoms with E-state index in [4.69, 9.17) is 10.8 Å². The molecule has 0 aliphatic rings. The Bertz CT molecular complexity index is 393. The average molecular weight is 203 g/mol. The van der Waals surface area contributed by atoms with E-state index in [-0.39, 0.29) is 5.75 Å². The van der Waals surface area contributed by atoms with Gasteiger partial charge in [-0.3, -0.25) is 0 Å². The molecule has 1 aromatic carbocycles. The van der Waals surface area contributed by atoms with Crippen molar-refractivity contribution < 1.29 is 23.4 Å². The zero-order chi connectivity index (χ0) is 10.9. The van der Waals surface area contributed by atoms with E-state index in [2.05, 4.69) is 4.74 Å². The molecule has 1 aromatic rings. The molecule has 6 heteroatoms. The van der Waals surface area contributed by atoms with Crippen LogP contribution in [0.2, 0.25) is 0 Å². The number of carboxylic acid groups (broad SMARTS) is 1. The Morgan fingerprint density at radius 3 is 2.57 bits per heavy atom. The first kappa shape index (κ1) is 10.2. The highest BCUT2D eigenvalue weighted by Crippen LogP contribution is 2.29. The lowest BCUT2D eigenvalue weighted by Crippen LogP contribution is -2.08. The van der Waals surface area contributed by atoms with Gasteiger partial charge in [0.1, 0.15) is 22.8 Å². The second kappa shape index (κ2) is 3.49. The molecule has 0 atom stereocenters. The molecule has 0 saturated carbocycles. The quantitative estimate of drug-likeness (QED) is 0.709. The van der Waals surface area contributed by atoms with Gasteiger partial charge in [-0.2, -0.15) is 0 Å². The molecule has 0 spiro atoms. The number of carbonyl (C=O) groups is 1. The summed E-state index contributed by atoms with van der Waals surface area (Å²) in [5.41, 5.74) is 3.57. The van der Waals surface area contributed by atoms with E-state index in [0.717, 1.165) is 6.07 Å². The summed E-state index contributed by atoms with van der Waals surface area (Å²) in [6.45, 7) is 0. The van der Waals surface area contributed by atoms with Crippen molar-refractivity contribution in [2.24, 2.45) is 0 Å². The second-order valence-electron chi connectivity index (χ2n) is 2.47. The molecular weight excluding hydrogens is 196 g/mol. The average Bonchev–Trinajstić information content (AvgIpc) is 2.10. The molecule has 0 bridgehead atoms. The summed E-state index contributed by atoms with van der Waals surface area (Å²) in [5, 5.41) is 8.46. The van der Waals surface area contributed by atoms with E-state index in [0.29, 0.717) is 0 Å². The lowest BCUT2D eigenvalue weighted by molar-refractivity contribution is 0.0686. The third-order valence-electron chi connectivity index (χ3n) is 1.65. The number of anilines is 1. The van der Waals surface area contributed by atoms with Gasteiger partial charge in [0.25, 0.3) is 0 Å². The van der Waals surface area contributed by atoms with Crippen molar-refractivity contribution in [1.82, 2.24) is 0 Å². The number of benzene rings is 1. The molecule has 0 fully saturated rings. The van der Waals surface area contributed by atoms with Crippen molar-refractivity contribution in [2.75, 3.05) is 12.8 Å². The van der Waals surface area contributed by atoms with Gasteiger partial charge in [0, 0.05) is 6.07 Å². The standard InChI is InChI=1S/C8H7F2NO3/c1-14-4-2-3(9)5(8(12)13)6(10)7(4)11/h2H,11H2,1H3,(H,12,13). The first-order valence-corrected chi connectivity index (χ1v) is 3.53. The number of hydrogen-bond donors (Lipinski definition) is 2. The van der Waals surface area contributed by atoms with Crippen LogP contribution in [-0.4, -0.2) is 18.2 Å². The van der Waals surface area contributed by atoms with E-state index in [1.165, 1.54) is 7.11 Å². The normalized spacial score (nSPS) is 9.93. The minimum absolute atomic E-state index is 0.231. The highest BCUT2D eigenvalue weighted by atomic mass is 19.1. The molecule has 4 nitrogen and oxygen atoms in total. The Kier molecular flexibility index (Phi) is 2.55. The van der Waals surface area contributed by atoms with Gasteiger partial charge in [-0.15, -0.1) is 0 Å². The number of nitrogens with two attached hydrogens (primary N) is 1. The number of carboxylic acids is 1. The van der Waals surface area contributed by atoms with E-state index in [1.807, 2.05) is 0 Å². The summed E-state index contributed by atoms with van der Waals surface area (Å²) in [5.74, 6) is -4.49. The molecule has 0 unspecified atom stereocenters. The number of ether oxygens (including phenoxy) is 1. The van der Waals surface area contributed by atoms with Gasteiger partial charge in [0.05, 0.1) is 7.11 Å². The zero-order valence-corrected chi connectivity index (χ0v) is 7.17. The van der Waals surface area contributed by atoms with Crippen LogP contribution in [0, 0.1) is 11.6 Å². The van der Waals surface area contributed by atoms with Crippen molar-refractivity contribution in [2.45, 2.75) is 0 Å². The van der Waals surface area contributed by atoms with Gasteiger partial charge in [-0.1, -0.05) is 0 Å². The van der Waals surface area contributed by atoms with Crippen LogP contribution in [0.4, 0.5) is 14.5 Å². The van der Waals surface area contributed by atoms with Crippen molar-refractivity contribution in [3.63, 3.8) is 0 Å². The molecule has 14 heavy (non-hydrogen) atoms. The predicted octanol–water partition coefficient (Wildman–Crippen LogP) is 1.25. The summed E-state index contributed by atoms with van der Waals surface area (Å²) in [6, 6.07) is 0.724. The molecule has 0 aromatic heterocycles. The van der Waals surface area contributed by atoms with Gasteiger partial charge in [-0.05, 0) is 0 Å². The molecule has 3 N–H and O–H groups in total. The molecule has 0 saturated heterocycles. The summed E-state index contributed by atoms with van der Waals surface area (Å²) >= 11 is 0. The third kappa shape index (κ3) is 1.46. The number of nitrogen functional groups attached to an aromatic ring is 1. The van der Waals surface area contributed by atoms with Crippen molar-refractivity contribution in [3.8, 4) is 5.75 Å². The lowest BCUT2D eigenvalue weighted by atomic mass is 10.1. The van der Waals surface area contributed by atoms with Gasteiger partial charge < -0.3 is 15.6 Å². The van der Waals surface area contributed by atoms with Crippen LogP contribution in [0.3, 0.4) is 0 Å². The SMILES string of the molecule is COc1cc(F)c(C(=O)O)c(F)c1N. The largest absolute Gasteiger partial charge is 0.494 e. The lowest BCUT2D eigenvalue weighted by Gasteiger charge is -2.07. The fourth-order valence-corrected chi connectivity index (χ4v) is 0.978. The van der Waals surface area contributed by atoms with Crippen LogP contribution in [0.15, 0.2) is 6.07 Å². The van der Waals surface area contributed by atoms with Gasteiger partial charge in [-0.25, -0.2) is 13.6 Å². The molecule has 0 amide bonds. The maximum absolute atomic E-state index is 13.1. The number of methoxy groups -OCH3 is 1. The highest BCUT2D eigenvalue weighted by Gasteiger charge is 2.22. The van der Waals surface area contributed by atoms with Crippen LogP contribution in [-0.2, 0) is 0 Å². The first-order chi connectivity index (χ1) is 6.49. The Labute approximate surface area is 77.9 Å². The number of hydrogen-bond acceptors (Lipinski definition) is 3. The summed E-state index contributed by atoms with van der Waals surface area (Å²) in [4.78, 5) is 10.4. The van der Waals surface area contributed by atoms with Crippen LogP contribution in [0.1, 0.15) is 10.4 Å². The van der Waals surface area contributed by atoms with Gasteiger partial charge >= 0.3 is 5.97 Å². The monoisotopic (exact) mass is 203 g/mol. The third-order valence-corrected chi connectivity index (χ3v) is 1.65. The number of aromatic carboxylic acids is 1. The van der Waals surface area contributed by atoms with E-state index in [1.54, 1.807) is 0 Å². The number of rotatable bonds is 2. The van der Waals surface area contributed by atoms with Crippen molar-refractivity contribution in [1.29, 1.82) is 0 Å². The molecule has 76 valence electrons. The molecule has 1 rings (SSSR count). The Hall–Kier alpha value is -1.85. The van der Waals surface area contributed by atoms with E-state index in [9.17, 15) is 13.6 Å². The molecule has 0 radical (unpaired) electrons. The highest BCUT2D eigenvalue weighted by molar-refractivity contribution is 5.90. The summed E-state index contributed by atoms with van der Waals surface area (Å²) in [7, 11) is 1.17. The number of halogens is 2. The maximum Gasteiger partial charge on any atom is 0.341 e. The van der Waals surface area contributed by atoms with Gasteiger partial charge in [0.2, 0.25) is 0 Å². The van der Waals surface area contributed by atoms with Crippen LogP contribution >= 0.6 is 0 Å². The maximum atomic E-state index is 13.1. The summed E-state index contributed by atoms with van der Waals surface area (Å²) < 4.78 is 30.7. The fourth-order valence-electron chi connectivity index (χ4n) is 0.978. The zero-order valence-electron chi connectivity index (χ0n) is 7.17. The molecule has 0 heterocycles. The molecule has 0 aliphatic heterocycles.